The summed E-state index contributed by atoms with van der Waals surface area (Å²) in [5.41, 5.74) is -1.32. The lowest BCUT2D eigenvalue weighted by Gasteiger charge is -2.37. The monoisotopic (exact) mass is 498 g/mol. The zero-order valence-electron chi connectivity index (χ0n) is 22.1. The van der Waals surface area contributed by atoms with E-state index in [-0.39, 0.29) is 46.2 Å². The van der Waals surface area contributed by atoms with Crippen LogP contribution in [0, 0.1) is 11.8 Å². The van der Waals surface area contributed by atoms with Gasteiger partial charge in [0.2, 0.25) is 5.91 Å². The number of carbonyl (C=O) groups is 2. The smallest absolute Gasteiger partial charge is 0.257 e. The SMILES string of the molecule is CC(C)[C@@H](Nc1c(Nc2cccc(C(=O)N(C)C)c2O)c(=O)c1=O)C(=O)N(C)[C@H](C)C1CCCCC1. The van der Waals surface area contributed by atoms with Crippen molar-refractivity contribution in [3.05, 3.63) is 44.2 Å². The Morgan fingerprint density at radius 2 is 1.58 bits per heavy atom. The lowest BCUT2D eigenvalue weighted by atomic mass is 9.83. The van der Waals surface area contributed by atoms with Gasteiger partial charge in [-0.3, -0.25) is 19.2 Å². The molecule has 0 aromatic heterocycles. The number of aromatic hydroxyl groups is 1. The summed E-state index contributed by atoms with van der Waals surface area (Å²) in [7, 11) is 4.93. The number of hydrogen-bond acceptors (Lipinski definition) is 7. The van der Waals surface area contributed by atoms with E-state index in [9.17, 15) is 24.3 Å². The Kier molecular flexibility index (Phi) is 8.43. The van der Waals surface area contributed by atoms with E-state index in [1.807, 2.05) is 13.8 Å². The molecule has 3 N–H and O–H groups in total. The average Bonchev–Trinajstić information content (AvgIpc) is 2.87. The van der Waals surface area contributed by atoms with Crippen molar-refractivity contribution >= 4 is 28.9 Å². The summed E-state index contributed by atoms with van der Waals surface area (Å²) in [5, 5.41) is 16.4. The maximum Gasteiger partial charge on any atom is 0.257 e. The molecule has 9 nitrogen and oxygen atoms in total. The second-order valence-electron chi connectivity index (χ2n) is 10.4. The van der Waals surface area contributed by atoms with E-state index in [1.54, 1.807) is 32.1 Å². The first kappa shape index (κ1) is 27.2. The highest BCUT2D eigenvalue weighted by molar-refractivity contribution is 5.99. The van der Waals surface area contributed by atoms with Crippen LogP contribution in [0.3, 0.4) is 0 Å². The number of benzene rings is 1. The Balaban J connectivity index is 1.83. The third kappa shape index (κ3) is 5.39. The van der Waals surface area contributed by atoms with Gasteiger partial charge in [0.25, 0.3) is 16.8 Å². The molecule has 3 rings (SSSR count). The Morgan fingerprint density at radius 3 is 2.17 bits per heavy atom. The van der Waals surface area contributed by atoms with Crippen molar-refractivity contribution in [1.29, 1.82) is 0 Å². The molecule has 0 unspecified atom stereocenters. The van der Waals surface area contributed by atoms with Gasteiger partial charge in [-0.05, 0) is 43.7 Å². The standard InChI is InChI=1S/C27H38N4O5/c1-15(2)20(27(36)31(6)16(3)17-11-8-7-9-12-17)29-22-21(24(33)25(22)34)28-19-14-10-13-18(23(19)32)26(35)30(4)5/h10,13-17,20,28-29,32H,7-9,11-12H2,1-6H3/t16-,20-/m1/s1. The zero-order chi connectivity index (χ0) is 26.7. The quantitative estimate of drug-likeness (QED) is 0.358. The molecule has 36 heavy (non-hydrogen) atoms. The van der Waals surface area contributed by atoms with Gasteiger partial charge in [0.05, 0.1) is 11.3 Å². The second-order valence-corrected chi connectivity index (χ2v) is 10.4. The fourth-order valence-electron chi connectivity index (χ4n) is 4.86. The van der Waals surface area contributed by atoms with Crippen LogP contribution in [-0.4, -0.2) is 59.9 Å². The first-order valence-corrected chi connectivity index (χ1v) is 12.6. The van der Waals surface area contributed by atoms with Crippen LogP contribution in [0.2, 0.25) is 0 Å². The van der Waals surface area contributed by atoms with E-state index in [1.165, 1.54) is 36.3 Å². The van der Waals surface area contributed by atoms with Crippen molar-refractivity contribution in [3.63, 3.8) is 0 Å². The van der Waals surface area contributed by atoms with Crippen molar-refractivity contribution in [2.45, 2.75) is 65.0 Å². The lowest BCUT2D eigenvalue weighted by molar-refractivity contribution is -0.134. The molecule has 2 aromatic rings. The minimum atomic E-state index is -0.750. The fourth-order valence-corrected chi connectivity index (χ4v) is 4.86. The highest BCUT2D eigenvalue weighted by Gasteiger charge is 2.34. The van der Waals surface area contributed by atoms with E-state index < -0.39 is 22.8 Å². The number of carbonyl (C=O) groups excluding carboxylic acids is 2. The van der Waals surface area contributed by atoms with E-state index in [0.29, 0.717) is 5.92 Å². The molecule has 0 radical (unpaired) electrons. The predicted molar refractivity (Wildman–Crippen MR) is 142 cm³/mol. The van der Waals surface area contributed by atoms with Crippen molar-refractivity contribution < 1.29 is 14.7 Å². The number of nitrogens with zero attached hydrogens (tertiary/aromatic N) is 2. The number of anilines is 3. The summed E-state index contributed by atoms with van der Waals surface area (Å²) < 4.78 is 0. The van der Waals surface area contributed by atoms with Crippen LogP contribution in [0.15, 0.2) is 27.8 Å². The molecule has 0 spiro atoms. The van der Waals surface area contributed by atoms with Gasteiger partial charge in [0.15, 0.2) is 5.75 Å². The number of phenolic OH excluding ortho intramolecular Hbond substituents is 1. The molecule has 0 saturated heterocycles. The van der Waals surface area contributed by atoms with Gasteiger partial charge in [-0.25, -0.2) is 0 Å². The molecule has 0 heterocycles. The largest absolute Gasteiger partial charge is 0.505 e. The molecule has 1 fully saturated rings. The first-order chi connectivity index (χ1) is 17.0. The summed E-state index contributed by atoms with van der Waals surface area (Å²) in [6.45, 7) is 5.84. The van der Waals surface area contributed by atoms with Crippen LogP contribution >= 0.6 is 0 Å². The predicted octanol–water partition coefficient (Wildman–Crippen LogP) is 3.30. The van der Waals surface area contributed by atoms with Gasteiger partial charge in [-0.2, -0.15) is 0 Å². The summed E-state index contributed by atoms with van der Waals surface area (Å²) in [6.07, 6.45) is 5.79. The van der Waals surface area contributed by atoms with E-state index >= 15 is 0 Å². The third-order valence-corrected chi connectivity index (χ3v) is 7.37. The fraction of sp³-hybridized carbons (Fsp3) is 0.556. The van der Waals surface area contributed by atoms with Crippen LogP contribution in [0.25, 0.3) is 0 Å². The van der Waals surface area contributed by atoms with Gasteiger partial charge >= 0.3 is 0 Å². The number of rotatable bonds is 9. The maximum atomic E-state index is 13.5. The average molecular weight is 499 g/mol. The van der Waals surface area contributed by atoms with Crippen LogP contribution in [0.5, 0.6) is 5.75 Å². The molecular weight excluding hydrogens is 460 g/mol. The molecule has 2 amide bonds. The molecule has 1 saturated carbocycles. The third-order valence-electron chi connectivity index (χ3n) is 7.37. The molecule has 2 atom stereocenters. The molecule has 1 aliphatic rings. The minimum Gasteiger partial charge on any atom is -0.505 e. The Labute approximate surface area is 212 Å². The molecule has 0 bridgehead atoms. The summed E-state index contributed by atoms with van der Waals surface area (Å²) in [6, 6.07) is 3.91. The summed E-state index contributed by atoms with van der Waals surface area (Å²) >= 11 is 0. The van der Waals surface area contributed by atoms with Gasteiger partial charge in [-0.1, -0.05) is 39.2 Å². The molecule has 2 aromatic carbocycles. The summed E-state index contributed by atoms with van der Waals surface area (Å²) in [4.78, 5) is 53.8. The van der Waals surface area contributed by atoms with Gasteiger partial charge in [0, 0.05) is 27.2 Å². The highest BCUT2D eigenvalue weighted by atomic mass is 16.3. The van der Waals surface area contributed by atoms with Gasteiger partial charge < -0.3 is 25.5 Å². The number of hydrogen-bond donors (Lipinski definition) is 3. The van der Waals surface area contributed by atoms with E-state index in [4.69, 9.17) is 0 Å². The molecule has 1 aliphatic carbocycles. The highest BCUT2D eigenvalue weighted by Crippen LogP contribution is 2.33. The number of para-hydroxylation sites is 1. The normalized spacial score (nSPS) is 16.0. The van der Waals surface area contributed by atoms with Crippen molar-refractivity contribution in [2.75, 3.05) is 31.8 Å². The number of phenols is 1. The lowest BCUT2D eigenvalue weighted by Crippen LogP contribution is -2.51. The Morgan fingerprint density at radius 1 is 0.972 bits per heavy atom. The zero-order valence-corrected chi connectivity index (χ0v) is 22.1. The van der Waals surface area contributed by atoms with Crippen LogP contribution in [0.1, 0.15) is 63.2 Å². The Hall–Kier alpha value is -3.36. The topological polar surface area (TPSA) is 119 Å². The van der Waals surface area contributed by atoms with Crippen molar-refractivity contribution in [2.24, 2.45) is 11.8 Å². The second kappa shape index (κ2) is 11.1. The molecule has 196 valence electrons. The van der Waals surface area contributed by atoms with Crippen molar-refractivity contribution in [3.8, 4) is 5.75 Å². The van der Waals surface area contributed by atoms with Crippen molar-refractivity contribution in [1.82, 2.24) is 9.80 Å². The van der Waals surface area contributed by atoms with Crippen LogP contribution in [-0.2, 0) is 4.79 Å². The number of amides is 2. The van der Waals surface area contributed by atoms with E-state index in [0.717, 1.165) is 12.8 Å². The molecular formula is C27H38N4O5. The number of likely N-dealkylation sites (N-methyl/N-ethyl adjacent to an activating group) is 1. The maximum absolute atomic E-state index is 13.5. The van der Waals surface area contributed by atoms with Crippen LogP contribution < -0.4 is 21.5 Å². The molecule has 9 heteroatoms. The van der Waals surface area contributed by atoms with Gasteiger partial charge in [-0.15, -0.1) is 0 Å². The van der Waals surface area contributed by atoms with Gasteiger partial charge in [0.1, 0.15) is 17.4 Å². The Bertz CT molecular complexity index is 1180. The molecule has 0 aliphatic heterocycles. The van der Waals surface area contributed by atoms with E-state index in [2.05, 4.69) is 17.6 Å². The minimum absolute atomic E-state index is 0.00880. The first-order valence-electron chi connectivity index (χ1n) is 12.6. The number of nitrogens with one attached hydrogen (secondary N) is 2. The summed E-state index contributed by atoms with van der Waals surface area (Å²) in [5.74, 6) is -0.564. The van der Waals surface area contributed by atoms with Crippen LogP contribution in [0.4, 0.5) is 17.1 Å².